The van der Waals surface area contributed by atoms with E-state index in [9.17, 15) is 14.9 Å². The fourth-order valence-electron chi connectivity index (χ4n) is 2.24. The first kappa shape index (κ1) is 12.5. The van der Waals surface area contributed by atoms with E-state index in [1.54, 1.807) is 0 Å². The molecule has 2 aromatic carbocycles. The van der Waals surface area contributed by atoms with Gasteiger partial charge < -0.3 is 0 Å². The fraction of sp³-hybridized carbons (Fsp3) is 0.133. The normalized spacial score (nSPS) is 20.4. The van der Waals surface area contributed by atoms with E-state index in [4.69, 9.17) is 0 Å². The Balaban J connectivity index is 1.73. The number of ketones is 1. The van der Waals surface area contributed by atoms with Crippen molar-refractivity contribution in [1.82, 2.24) is 5.32 Å². The largest absolute Gasteiger partial charge is 0.297 e. The topological polar surface area (TPSA) is 82.1 Å². The summed E-state index contributed by atoms with van der Waals surface area (Å²) in [5.41, 5.74) is 1.56. The second-order valence-corrected chi connectivity index (χ2v) is 4.70. The molecule has 1 saturated heterocycles. The van der Waals surface area contributed by atoms with Crippen molar-refractivity contribution < 1.29 is 9.72 Å². The average Bonchev–Trinajstić information content (AvgIpc) is 3.28. The molecule has 1 aliphatic heterocycles. The van der Waals surface area contributed by atoms with Gasteiger partial charge in [-0.15, -0.1) is 0 Å². The number of hydrogen-bond donors (Lipinski definition) is 1. The maximum atomic E-state index is 12.2. The molecule has 0 spiro atoms. The molecule has 0 unspecified atom stereocenters. The van der Waals surface area contributed by atoms with Crippen LogP contribution in [0.15, 0.2) is 54.6 Å². The van der Waals surface area contributed by atoms with Gasteiger partial charge in [0.2, 0.25) is 0 Å². The average molecular weight is 268 g/mol. The van der Waals surface area contributed by atoms with Crippen molar-refractivity contribution >= 4 is 11.5 Å². The number of rotatable bonds is 4. The maximum absolute atomic E-state index is 12.2. The standard InChI is InChI=1S/C15H12N2O3/c18-15(11-6-8-12(9-7-11)17(19)20)14-13(16-14)10-4-2-1-3-5-10/h1-9,13-14,16H/t13-,14-/m0/s1. The lowest BCUT2D eigenvalue weighted by molar-refractivity contribution is -0.384. The van der Waals surface area contributed by atoms with Crippen molar-refractivity contribution in [3.63, 3.8) is 0 Å². The molecular weight excluding hydrogens is 256 g/mol. The highest BCUT2D eigenvalue weighted by Gasteiger charge is 2.43. The number of nitrogens with one attached hydrogen (secondary N) is 1. The van der Waals surface area contributed by atoms with E-state index in [0.717, 1.165) is 5.56 Å². The van der Waals surface area contributed by atoms with E-state index in [2.05, 4.69) is 5.32 Å². The number of nitrogens with zero attached hydrogens (tertiary/aromatic N) is 1. The molecule has 1 N–H and O–H groups in total. The Morgan fingerprint density at radius 1 is 1.05 bits per heavy atom. The first-order valence-corrected chi connectivity index (χ1v) is 6.26. The van der Waals surface area contributed by atoms with E-state index in [0.29, 0.717) is 5.56 Å². The van der Waals surface area contributed by atoms with Gasteiger partial charge in [-0.3, -0.25) is 20.2 Å². The van der Waals surface area contributed by atoms with Crippen molar-refractivity contribution in [3.8, 4) is 0 Å². The summed E-state index contributed by atoms with van der Waals surface area (Å²) in [4.78, 5) is 22.3. The number of nitro benzene ring substituents is 1. The third kappa shape index (κ3) is 2.31. The third-order valence-corrected chi connectivity index (χ3v) is 3.39. The molecular formula is C15H12N2O3. The van der Waals surface area contributed by atoms with Gasteiger partial charge in [-0.2, -0.15) is 0 Å². The summed E-state index contributed by atoms with van der Waals surface area (Å²) >= 11 is 0. The molecule has 0 saturated carbocycles. The number of carbonyl (C=O) groups is 1. The number of benzene rings is 2. The lowest BCUT2D eigenvalue weighted by Gasteiger charge is -1.99. The maximum Gasteiger partial charge on any atom is 0.269 e. The lowest BCUT2D eigenvalue weighted by atomic mass is 10.0. The van der Waals surface area contributed by atoms with Gasteiger partial charge in [-0.1, -0.05) is 30.3 Å². The van der Waals surface area contributed by atoms with Crippen LogP contribution in [0, 0.1) is 10.1 Å². The highest BCUT2D eigenvalue weighted by Crippen LogP contribution is 2.32. The summed E-state index contributed by atoms with van der Waals surface area (Å²) in [5.74, 6) is -0.0336. The molecule has 100 valence electrons. The molecule has 1 heterocycles. The van der Waals surface area contributed by atoms with Crippen LogP contribution in [0.3, 0.4) is 0 Å². The summed E-state index contributed by atoms with van der Waals surface area (Å²) in [6.45, 7) is 0. The zero-order valence-electron chi connectivity index (χ0n) is 10.5. The summed E-state index contributed by atoms with van der Waals surface area (Å²) in [6, 6.07) is 15.3. The second-order valence-electron chi connectivity index (χ2n) is 4.70. The van der Waals surface area contributed by atoms with Crippen molar-refractivity contribution in [2.24, 2.45) is 0 Å². The SMILES string of the molecule is O=C(c1ccc([N+](=O)[O-])cc1)[C@H]1N[C@H]1c1ccccc1. The van der Waals surface area contributed by atoms with E-state index in [1.165, 1.54) is 24.3 Å². The number of non-ortho nitro benzene ring substituents is 1. The van der Waals surface area contributed by atoms with Crippen molar-refractivity contribution in [1.29, 1.82) is 0 Å². The number of carbonyl (C=O) groups excluding carboxylic acids is 1. The van der Waals surface area contributed by atoms with E-state index in [1.807, 2.05) is 30.3 Å². The van der Waals surface area contributed by atoms with Crippen LogP contribution in [0.2, 0.25) is 0 Å². The Bertz CT molecular complexity index is 653. The fourth-order valence-corrected chi connectivity index (χ4v) is 2.24. The van der Waals surface area contributed by atoms with Crippen LogP contribution in [0.1, 0.15) is 22.0 Å². The second kappa shape index (κ2) is 4.86. The quantitative estimate of drug-likeness (QED) is 0.399. The van der Waals surface area contributed by atoms with Gasteiger partial charge in [0.1, 0.15) is 0 Å². The Kier molecular flexibility index (Phi) is 3.04. The van der Waals surface area contributed by atoms with Gasteiger partial charge in [0.15, 0.2) is 5.78 Å². The predicted molar refractivity (Wildman–Crippen MR) is 73.5 cm³/mol. The molecule has 1 aliphatic rings. The predicted octanol–water partition coefficient (Wildman–Crippen LogP) is 2.49. The third-order valence-electron chi connectivity index (χ3n) is 3.39. The highest BCUT2D eigenvalue weighted by molar-refractivity contribution is 6.02. The molecule has 20 heavy (non-hydrogen) atoms. The summed E-state index contributed by atoms with van der Waals surface area (Å²) in [6.07, 6.45) is 0. The number of nitro groups is 1. The van der Waals surface area contributed by atoms with Crippen molar-refractivity contribution in [2.45, 2.75) is 12.1 Å². The molecule has 2 aromatic rings. The minimum Gasteiger partial charge on any atom is -0.297 e. The van der Waals surface area contributed by atoms with Gasteiger partial charge in [-0.25, -0.2) is 0 Å². The molecule has 1 fully saturated rings. The minimum absolute atomic E-state index is 0.00934. The van der Waals surface area contributed by atoms with E-state index < -0.39 is 4.92 Å². The van der Waals surface area contributed by atoms with Crippen LogP contribution in [0.25, 0.3) is 0 Å². The van der Waals surface area contributed by atoms with Gasteiger partial charge in [-0.05, 0) is 17.7 Å². The van der Waals surface area contributed by atoms with Gasteiger partial charge >= 0.3 is 0 Å². The molecule has 3 rings (SSSR count). The van der Waals surface area contributed by atoms with E-state index >= 15 is 0 Å². The first-order chi connectivity index (χ1) is 9.66. The number of Topliss-reactive ketones (excluding diaryl/α,β-unsaturated/α-hetero) is 1. The highest BCUT2D eigenvalue weighted by atomic mass is 16.6. The Morgan fingerprint density at radius 3 is 2.30 bits per heavy atom. The lowest BCUT2D eigenvalue weighted by Crippen LogP contribution is -2.10. The van der Waals surface area contributed by atoms with Crippen LogP contribution in [0.5, 0.6) is 0 Å². The molecule has 0 radical (unpaired) electrons. The molecule has 0 amide bonds. The molecule has 2 atom stereocenters. The van der Waals surface area contributed by atoms with Crippen molar-refractivity contribution in [2.75, 3.05) is 0 Å². The van der Waals surface area contributed by atoms with E-state index in [-0.39, 0.29) is 23.6 Å². The Labute approximate surface area is 115 Å². The van der Waals surface area contributed by atoms with Crippen molar-refractivity contribution in [3.05, 3.63) is 75.8 Å². The summed E-state index contributed by atoms with van der Waals surface area (Å²) < 4.78 is 0. The van der Waals surface area contributed by atoms with Crippen LogP contribution in [0.4, 0.5) is 5.69 Å². The zero-order valence-corrected chi connectivity index (χ0v) is 10.5. The Morgan fingerprint density at radius 2 is 1.70 bits per heavy atom. The first-order valence-electron chi connectivity index (χ1n) is 6.26. The van der Waals surface area contributed by atoms with Gasteiger partial charge in [0.05, 0.1) is 17.0 Å². The monoisotopic (exact) mass is 268 g/mol. The van der Waals surface area contributed by atoms with Crippen LogP contribution in [-0.2, 0) is 0 Å². The van der Waals surface area contributed by atoms with Gasteiger partial charge in [0.25, 0.3) is 5.69 Å². The molecule has 0 aliphatic carbocycles. The molecule has 0 aromatic heterocycles. The van der Waals surface area contributed by atoms with Crippen LogP contribution < -0.4 is 5.32 Å². The summed E-state index contributed by atoms with van der Waals surface area (Å²) in [7, 11) is 0. The molecule has 5 heteroatoms. The molecule has 5 nitrogen and oxygen atoms in total. The summed E-state index contributed by atoms with van der Waals surface area (Å²) in [5, 5.41) is 13.7. The molecule has 0 bridgehead atoms. The van der Waals surface area contributed by atoms with Gasteiger partial charge in [0, 0.05) is 17.7 Å². The Hall–Kier alpha value is -2.53. The van der Waals surface area contributed by atoms with Crippen LogP contribution in [-0.4, -0.2) is 16.7 Å². The smallest absolute Gasteiger partial charge is 0.269 e. The number of hydrogen-bond acceptors (Lipinski definition) is 4. The van der Waals surface area contributed by atoms with Crippen LogP contribution >= 0.6 is 0 Å². The zero-order chi connectivity index (χ0) is 14.1. The minimum atomic E-state index is -0.476.